The van der Waals surface area contributed by atoms with Crippen LogP contribution in [0.25, 0.3) is 0 Å². The Morgan fingerprint density at radius 3 is 2.59 bits per heavy atom. The van der Waals surface area contributed by atoms with Crippen LogP contribution in [0, 0.1) is 5.41 Å². The van der Waals surface area contributed by atoms with Gasteiger partial charge in [0.1, 0.15) is 18.1 Å². The predicted octanol–water partition coefficient (Wildman–Crippen LogP) is -2.10. The smallest absolute Gasteiger partial charge is 0.269 e. The van der Waals surface area contributed by atoms with Crippen LogP contribution in [-0.4, -0.2) is 78.5 Å². The van der Waals surface area contributed by atoms with Gasteiger partial charge in [0.05, 0.1) is 13.2 Å². The lowest BCUT2D eigenvalue weighted by Gasteiger charge is -2.29. The molecule has 29 heavy (non-hydrogen) atoms. The highest BCUT2D eigenvalue weighted by molar-refractivity contribution is 5.90. The van der Waals surface area contributed by atoms with Crippen LogP contribution in [-0.2, 0) is 24.0 Å². The summed E-state index contributed by atoms with van der Waals surface area (Å²) < 4.78 is 0. The quantitative estimate of drug-likeness (QED) is 0.0543. The Morgan fingerprint density at radius 2 is 2.07 bits per heavy atom. The largest absolute Gasteiger partial charge is 0.394 e. The average molecular weight is 415 g/mol. The molecule has 1 radical (unpaired) electrons. The van der Waals surface area contributed by atoms with Crippen LogP contribution < -0.4 is 21.7 Å². The Morgan fingerprint density at radius 1 is 1.38 bits per heavy atom. The van der Waals surface area contributed by atoms with E-state index in [-0.39, 0.29) is 25.4 Å². The molecule has 0 fully saturated rings. The summed E-state index contributed by atoms with van der Waals surface area (Å²) in [6.07, 6.45) is 4.10. The van der Waals surface area contributed by atoms with E-state index in [0.717, 1.165) is 11.5 Å². The topological polar surface area (TPSA) is 187 Å². The van der Waals surface area contributed by atoms with Gasteiger partial charge in [-0.25, -0.2) is 5.06 Å². The van der Waals surface area contributed by atoms with Crippen LogP contribution in [0.2, 0.25) is 0 Å². The molecule has 0 spiro atoms. The lowest BCUT2D eigenvalue weighted by molar-refractivity contribution is -0.196. The van der Waals surface area contributed by atoms with Gasteiger partial charge in [0, 0.05) is 6.54 Å². The zero-order valence-electron chi connectivity index (χ0n) is 16.8. The lowest BCUT2D eigenvalue weighted by Crippen LogP contribution is -2.55. The van der Waals surface area contributed by atoms with Gasteiger partial charge in [-0.2, -0.15) is 0 Å². The number of nitrogens with one attached hydrogen (secondary N) is 4. The van der Waals surface area contributed by atoms with Crippen molar-refractivity contribution in [1.29, 1.82) is 5.41 Å². The SMILES string of the molecule is CCCCON(C(=O)[C@H](C)NC(=O)[C@@H](CO)NC=O)[C@H]([C]=O)CCCNC(=N)N. The Kier molecular flexibility index (Phi) is 13.8. The van der Waals surface area contributed by atoms with Gasteiger partial charge in [0.15, 0.2) is 5.96 Å². The molecule has 165 valence electrons. The van der Waals surface area contributed by atoms with E-state index in [4.69, 9.17) is 21.1 Å². The summed E-state index contributed by atoms with van der Waals surface area (Å²) in [6, 6.07) is -3.31. The number of nitrogens with two attached hydrogens (primary N) is 1. The fourth-order valence-corrected chi connectivity index (χ4v) is 2.22. The molecule has 0 aromatic rings. The summed E-state index contributed by atoms with van der Waals surface area (Å²) in [5.74, 6) is -1.64. The van der Waals surface area contributed by atoms with E-state index in [0.29, 0.717) is 19.4 Å². The van der Waals surface area contributed by atoms with Crippen LogP contribution in [0.1, 0.15) is 39.5 Å². The number of carbonyl (C=O) groups is 3. The van der Waals surface area contributed by atoms with E-state index in [1.807, 2.05) is 6.92 Å². The predicted molar refractivity (Wildman–Crippen MR) is 104 cm³/mol. The highest BCUT2D eigenvalue weighted by Crippen LogP contribution is 2.10. The molecule has 0 aliphatic carbocycles. The van der Waals surface area contributed by atoms with Gasteiger partial charge in [0.2, 0.25) is 18.6 Å². The number of guanidine groups is 1. The minimum absolute atomic E-state index is 0.193. The first kappa shape index (κ1) is 26.3. The third kappa shape index (κ3) is 10.4. The van der Waals surface area contributed by atoms with E-state index >= 15 is 0 Å². The van der Waals surface area contributed by atoms with Crippen LogP contribution in [0.3, 0.4) is 0 Å². The standard InChI is InChI=1S/C17H31N6O6/c1-3-4-8-29-23(13(9-24)6-5-7-20-17(18)19)16(28)12(2)22-15(27)14(10-25)21-11-26/h11-14,25H,3-8,10H2,1-2H3,(H,21,26)(H,22,27)(H4,18,19,20)/t12-,13-,14+/m0/s1. The first-order valence-corrected chi connectivity index (χ1v) is 9.34. The summed E-state index contributed by atoms with van der Waals surface area (Å²) in [5.41, 5.74) is 5.20. The number of amides is 3. The van der Waals surface area contributed by atoms with Crippen molar-refractivity contribution in [3.8, 4) is 0 Å². The average Bonchev–Trinajstić information content (AvgIpc) is 2.69. The Bertz CT molecular complexity index is 547. The summed E-state index contributed by atoms with van der Waals surface area (Å²) in [4.78, 5) is 52.2. The minimum Gasteiger partial charge on any atom is -0.394 e. The van der Waals surface area contributed by atoms with Crippen LogP contribution in [0.5, 0.6) is 0 Å². The van der Waals surface area contributed by atoms with E-state index in [1.165, 1.54) is 6.92 Å². The molecule has 12 nitrogen and oxygen atoms in total. The first-order valence-electron chi connectivity index (χ1n) is 9.34. The monoisotopic (exact) mass is 415 g/mol. The van der Waals surface area contributed by atoms with Crippen LogP contribution in [0.15, 0.2) is 0 Å². The third-order valence-electron chi connectivity index (χ3n) is 3.83. The maximum Gasteiger partial charge on any atom is 0.269 e. The fraction of sp³-hybridized carbons (Fsp3) is 0.706. The highest BCUT2D eigenvalue weighted by atomic mass is 16.7. The molecule has 0 heterocycles. The molecule has 3 amide bonds. The van der Waals surface area contributed by atoms with Crippen molar-refractivity contribution < 1.29 is 29.1 Å². The van der Waals surface area contributed by atoms with Crippen LogP contribution in [0.4, 0.5) is 0 Å². The second-order valence-corrected chi connectivity index (χ2v) is 6.22. The summed E-state index contributed by atoms with van der Waals surface area (Å²) in [5, 5.41) is 24.2. The summed E-state index contributed by atoms with van der Waals surface area (Å²) in [7, 11) is 0. The molecule has 0 aliphatic rings. The van der Waals surface area contributed by atoms with Gasteiger partial charge in [-0.15, -0.1) is 0 Å². The number of carbonyl (C=O) groups excluding carboxylic acids is 4. The molecule has 0 rings (SSSR count). The van der Waals surface area contributed by atoms with Gasteiger partial charge in [-0.1, -0.05) is 13.3 Å². The molecule has 0 saturated heterocycles. The van der Waals surface area contributed by atoms with E-state index in [2.05, 4.69) is 16.0 Å². The normalized spacial score (nSPS) is 13.5. The molecule has 0 aliphatic heterocycles. The Hall–Kier alpha value is -2.73. The molecule has 3 atom stereocenters. The van der Waals surface area contributed by atoms with Crippen molar-refractivity contribution in [1.82, 2.24) is 21.0 Å². The number of aliphatic hydroxyl groups excluding tert-OH is 1. The summed E-state index contributed by atoms with van der Waals surface area (Å²) >= 11 is 0. The van der Waals surface area contributed by atoms with E-state index < -0.39 is 36.5 Å². The van der Waals surface area contributed by atoms with E-state index in [1.54, 1.807) is 6.29 Å². The van der Waals surface area contributed by atoms with Crippen molar-refractivity contribution in [2.75, 3.05) is 19.8 Å². The number of hydrogen-bond donors (Lipinski definition) is 6. The molecule has 0 aromatic heterocycles. The number of aliphatic hydroxyl groups is 1. The molecule has 0 aromatic carbocycles. The zero-order chi connectivity index (χ0) is 22.2. The first-order chi connectivity index (χ1) is 13.8. The highest BCUT2D eigenvalue weighted by Gasteiger charge is 2.31. The molecular formula is C17H31N6O6. The van der Waals surface area contributed by atoms with Gasteiger partial charge < -0.3 is 26.8 Å². The fourth-order valence-electron chi connectivity index (χ4n) is 2.22. The Balaban J connectivity index is 5.09. The van der Waals surface area contributed by atoms with E-state index in [9.17, 15) is 19.2 Å². The van der Waals surface area contributed by atoms with Crippen molar-refractivity contribution in [3.63, 3.8) is 0 Å². The molecule has 7 N–H and O–H groups in total. The third-order valence-corrected chi connectivity index (χ3v) is 3.83. The molecule has 0 bridgehead atoms. The maximum atomic E-state index is 12.8. The van der Waals surface area contributed by atoms with Gasteiger partial charge >= 0.3 is 0 Å². The van der Waals surface area contributed by atoms with Gasteiger partial charge in [0.25, 0.3) is 5.91 Å². The van der Waals surface area contributed by atoms with Gasteiger partial charge in [-0.05, 0) is 26.2 Å². The number of unbranched alkanes of at least 4 members (excludes halogenated alkanes) is 1. The van der Waals surface area contributed by atoms with Crippen molar-refractivity contribution >= 4 is 30.5 Å². The number of hydrogen-bond acceptors (Lipinski definition) is 7. The minimum atomic E-state index is -1.21. The molecule has 0 saturated carbocycles. The zero-order valence-corrected chi connectivity index (χ0v) is 16.8. The van der Waals surface area contributed by atoms with Crippen molar-refractivity contribution in [3.05, 3.63) is 0 Å². The Labute approximate surface area is 170 Å². The molecule has 0 unspecified atom stereocenters. The summed E-state index contributed by atoms with van der Waals surface area (Å²) in [6.45, 7) is 3.20. The maximum absolute atomic E-state index is 12.8. The second kappa shape index (κ2) is 15.2. The second-order valence-electron chi connectivity index (χ2n) is 6.22. The van der Waals surface area contributed by atoms with Crippen LogP contribution >= 0.6 is 0 Å². The molecular weight excluding hydrogens is 384 g/mol. The number of nitrogens with zero attached hydrogens (tertiary/aromatic N) is 1. The number of hydroxylamine groups is 2. The molecule has 12 heteroatoms. The van der Waals surface area contributed by atoms with Crippen molar-refractivity contribution in [2.45, 2.75) is 57.7 Å². The lowest BCUT2D eigenvalue weighted by atomic mass is 10.1. The number of rotatable bonds is 16. The van der Waals surface area contributed by atoms with Gasteiger partial charge in [-0.3, -0.25) is 29.4 Å². The van der Waals surface area contributed by atoms with Crippen molar-refractivity contribution in [2.24, 2.45) is 5.73 Å².